The molecule has 0 radical (unpaired) electrons. The molecule has 134 valence electrons. The van der Waals surface area contributed by atoms with E-state index in [1.54, 1.807) is 0 Å². The molecule has 1 saturated heterocycles. The summed E-state index contributed by atoms with van der Waals surface area (Å²) in [6.07, 6.45) is 4.25. The van der Waals surface area contributed by atoms with Gasteiger partial charge in [-0.25, -0.2) is 4.79 Å². The number of anilines is 1. The van der Waals surface area contributed by atoms with Gasteiger partial charge in [-0.2, -0.15) is 0 Å². The Kier molecular flexibility index (Phi) is 6.25. The SMILES string of the molecule is O=C(NCCCCN1CCC[C@@H]1CO)Nc1cccc2ccccc12. The van der Waals surface area contributed by atoms with Gasteiger partial charge in [-0.15, -0.1) is 0 Å². The van der Waals surface area contributed by atoms with Crippen LogP contribution in [0, 0.1) is 0 Å². The first kappa shape index (κ1) is 17.7. The third-order valence-corrected chi connectivity index (χ3v) is 4.91. The number of aliphatic hydroxyl groups is 1. The van der Waals surface area contributed by atoms with Gasteiger partial charge in [0.15, 0.2) is 0 Å². The van der Waals surface area contributed by atoms with Gasteiger partial charge < -0.3 is 15.7 Å². The van der Waals surface area contributed by atoms with Crippen molar-refractivity contribution in [3.63, 3.8) is 0 Å². The topological polar surface area (TPSA) is 64.6 Å². The fourth-order valence-corrected chi connectivity index (χ4v) is 3.54. The molecule has 3 rings (SSSR count). The molecule has 0 aliphatic carbocycles. The number of fused-ring (bicyclic) bond motifs is 1. The van der Waals surface area contributed by atoms with Gasteiger partial charge >= 0.3 is 6.03 Å². The van der Waals surface area contributed by atoms with Crippen molar-refractivity contribution < 1.29 is 9.90 Å². The van der Waals surface area contributed by atoms with E-state index < -0.39 is 0 Å². The first-order valence-electron chi connectivity index (χ1n) is 9.15. The van der Waals surface area contributed by atoms with Crippen LogP contribution in [-0.2, 0) is 0 Å². The molecule has 1 atom stereocenters. The van der Waals surface area contributed by atoms with Crippen molar-refractivity contribution >= 4 is 22.5 Å². The fraction of sp³-hybridized carbons (Fsp3) is 0.450. The number of rotatable bonds is 7. The predicted molar refractivity (Wildman–Crippen MR) is 102 cm³/mol. The van der Waals surface area contributed by atoms with E-state index in [2.05, 4.69) is 15.5 Å². The number of unbranched alkanes of at least 4 members (excludes halogenated alkanes) is 1. The quantitative estimate of drug-likeness (QED) is 0.678. The van der Waals surface area contributed by atoms with Crippen molar-refractivity contribution in [2.45, 2.75) is 31.7 Å². The number of hydrogen-bond acceptors (Lipinski definition) is 3. The van der Waals surface area contributed by atoms with Crippen LogP contribution in [-0.4, -0.2) is 48.3 Å². The van der Waals surface area contributed by atoms with Gasteiger partial charge in [-0.3, -0.25) is 4.90 Å². The number of nitrogens with zero attached hydrogens (tertiary/aromatic N) is 1. The Labute approximate surface area is 149 Å². The van der Waals surface area contributed by atoms with E-state index in [1.807, 2.05) is 42.5 Å². The summed E-state index contributed by atoms with van der Waals surface area (Å²) >= 11 is 0. The summed E-state index contributed by atoms with van der Waals surface area (Å²) in [4.78, 5) is 14.5. The molecule has 2 aromatic carbocycles. The molecule has 0 unspecified atom stereocenters. The number of aliphatic hydroxyl groups excluding tert-OH is 1. The van der Waals surface area contributed by atoms with Crippen LogP contribution in [0.25, 0.3) is 10.8 Å². The molecule has 5 heteroatoms. The van der Waals surface area contributed by atoms with Crippen molar-refractivity contribution in [3.8, 4) is 0 Å². The number of benzene rings is 2. The lowest BCUT2D eigenvalue weighted by atomic mass is 10.1. The van der Waals surface area contributed by atoms with Crippen LogP contribution in [0.1, 0.15) is 25.7 Å². The Morgan fingerprint density at radius 1 is 1.16 bits per heavy atom. The van der Waals surface area contributed by atoms with Crippen molar-refractivity contribution in [2.24, 2.45) is 0 Å². The highest BCUT2D eigenvalue weighted by Gasteiger charge is 2.22. The second-order valence-corrected chi connectivity index (χ2v) is 6.63. The predicted octanol–water partition coefficient (Wildman–Crippen LogP) is 3.20. The third-order valence-electron chi connectivity index (χ3n) is 4.91. The lowest BCUT2D eigenvalue weighted by Gasteiger charge is -2.22. The van der Waals surface area contributed by atoms with Gasteiger partial charge in [0, 0.05) is 18.0 Å². The van der Waals surface area contributed by atoms with E-state index in [9.17, 15) is 9.90 Å². The van der Waals surface area contributed by atoms with Crippen LogP contribution in [0.4, 0.5) is 10.5 Å². The van der Waals surface area contributed by atoms with Gasteiger partial charge in [0.25, 0.3) is 0 Å². The van der Waals surface area contributed by atoms with Crippen LogP contribution < -0.4 is 10.6 Å². The second kappa shape index (κ2) is 8.83. The molecule has 25 heavy (non-hydrogen) atoms. The largest absolute Gasteiger partial charge is 0.395 e. The zero-order valence-corrected chi connectivity index (χ0v) is 14.6. The molecule has 0 saturated carbocycles. The smallest absolute Gasteiger partial charge is 0.319 e. The zero-order valence-electron chi connectivity index (χ0n) is 14.6. The standard InChI is InChI=1S/C20H27N3O2/c24-15-17-9-6-14-23(17)13-4-3-12-21-20(25)22-19-11-5-8-16-7-1-2-10-18(16)19/h1-2,5,7-8,10-11,17,24H,3-4,6,9,12-15H2,(H2,21,22,25)/t17-/m1/s1. The van der Waals surface area contributed by atoms with Crippen LogP contribution >= 0.6 is 0 Å². The number of hydrogen-bond donors (Lipinski definition) is 3. The molecule has 0 bridgehead atoms. The Bertz CT molecular complexity index is 699. The molecule has 1 aliphatic rings. The van der Waals surface area contributed by atoms with Crippen molar-refractivity contribution in [3.05, 3.63) is 42.5 Å². The maximum Gasteiger partial charge on any atom is 0.319 e. The van der Waals surface area contributed by atoms with E-state index in [1.165, 1.54) is 6.42 Å². The summed E-state index contributed by atoms with van der Waals surface area (Å²) in [6, 6.07) is 14.1. The Balaban J connectivity index is 1.39. The normalized spacial score (nSPS) is 17.7. The number of carbonyl (C=O) groups excluding carboxylic acids is 1. The minimum Gasteiger partial charge on any atom is -0.395 e. The highest BCUT2D eigenvalue weighted by atomic mass is 16.3. The number of carbonyl (C=O) groups is 1. The van der Waals surface area contributed by atoms with Crippen molar-refractivity contribution in [1.82, 2.24) is 10.2 Å². The van der Waals surface area contributed by atoms with E-state index in [-0.39, 0.29) is 12.6 Å². The number of amides is 2. The average molecular weight is 341 g/mol. The third kappa shape index (κ3) is 4.71. The summed E-state index contributed by atoms with van der Waals surface area (Å²) in [6.45, 7) is 3.00. The monoisotopic (exact) mass is 341 g/mol. The zero-order chi connectivity index (χ0) is 17.5. The fourth-order valence-electron chi connectivity index (χ4n) is 3.54. The first-order valence-corrected chi connectivity index (χ1v) is 9.15. The molecule has 1 fully saturated rings. The van der Waals surface area contributed by atoms with Crippen LogP contribution in [0.3, 0.4) is 0 Å². The van der Waals surface area contributed by atoms with Gasteiger partial charge in [0.05, 0.1) is 12.3 Å². The molecule has 2 aromatic rings. The maximum atomic E-state index is 12.1. The van der Waals surface area contributed by atoms with Gasteiger partial charge in [0.2, 0.25) is 0 Å². The van der Waals surface area contributed by atoms with E-state index in [0.717, 1.165) is 48.8 Å². The summed E-state index contributed by atoms with van der Waals surface area (Å²) in [5.74, 6) is 0. The summed E-state index contributed by atoms with van der Waals surface area (Å²) < 4.78 is 0. The minimum absolute atomic E-state index is 0.161. The van der Waals surface area contributed by atoms with E-state index in [4.69, 9.17) is 0 Å². The van der Waals surface area contributed by atoms with Crippen LogP contribution in [0.2, 0.25) is 0 Å². The Morgan fingerprint density at radius 2 is 2.00 bits per heavy atom. The van der Waals surface area contributed by atoms with Crippen LogP contribution in [0.15, 0.2) is 42.5 Å². The summed E-state index contributed by atoms with van der Waals surface area (Å²) in [7, 11) is 0. The maximum absolute atomic E-state index is 12.1. The summed E-state index contributed by atoms with van der Waals surface area (Å²) in [5, 5.41) is 17.3. The van der Waals surface area contributed by atoms with Gasteiger partial charge in [-0.05, 0) is 50.2 Å². The lowest BCUT2D eigenvalue weighted by Crippen LogP contribution is -2.34. The van der Waals surface area contributed by atoms with Crippen molar-refractivity contribution in [2.75, 3.05) is 31.6 Å². The number of likely N-dealkylation sites (tertiary alicyclic amines) is 1. The molecular formula is C20H27N3O2. The van der Waals surface area contributed by atoms with Crippen LogP contribution in [0.5, 0.6) is 0 Å². The first-order chi connectivity index (χ1) is 12.3. The Morgan fingerprint density at radius 3 is 2.88 bits per heavy atom. The Hall–Kier alpha value is -2.11. The number of nitrogens with one attached hydrogen (secondary N) is 2. The molecule has 3 N–H and O–H groups in total. The highest BCUT2D eigenvalue weighted by molar-refractivity contribution is 6.01. The molecule has 1 heterocycles. The second-order valence-electron chi connectivity index (χ2n) is 6.63. The molecule has 5 nitrogen and oxygen atoms in total. The molecule has 0 spiro atoms. The van der Waals surface area contributed by atoms with Gasteiger partial charge in [0.1, 0.15) is 0 Å². The van der Waals surface area contributed by atoms with E-state index >= 15 is 0 Å². The van der Waals surface area contributed by atoms with Crippen molar-refractivity contribution in [1.29, 1.82) is 0 Å². The molecule has 2 amide bonds. The lowest BCUT2D eigenvalue weighted by molar-refractivity contribution is 0.157. The molecule has 1 aliphatic heterocycles. The molecular weight excluding hydrogens is 314 g/mol. The molecule has 0 aromatic heterocycles. The van der Waals surface area contributed by atoms with E-state index in [0.29, 0.717) is 12.6 Å². The summed E-state index contributed by atoms with van der Waals surface area (Å²) in [5.41, 5.74) is 0.832. The minimum atomic E-state index is -0.161. The number of urea groups is 1. The van der Waals surface area contributed by atoms with Gasteiger partial charge in [-0.1, -0.05) is 36.4 Å². The highest BCUT2D eigenvalue weighted by Crippen LogP contribution is 2.22. The average Bonchev–Trinajstić information content (AvgIpc) is 3.09.